The predicted molar refractivity (Wildman–Crippen MR) is 68.5 cm³/mol. The average Bonchev–Trinajstić information content (AvgIpc) is 2.35. The standard InChI is InChI=1S/C13H25NO3/c1-7-9-10-11(3)14(12(15)8-2)13(4,16-5)17-6/h8,11H,2,7,9-10H2,1,3-6H3/t11-/m1/s1. The predicted octanol–water partition coefficient (Wildman–Crippen LogP) is 2.55. The second-order valence-electron chi connectivity index (χ2n) is 4.21. The van der Waals surface area contributed by atoms with Crippen molar-refractivity contribution in [1.29, 1.82) is 0 Å². The van der Waals surface area contributed by atoms with Crippen LogP contribution in [0.15, 0.2) is 12.7 Å². The third-order valence-electron chi connectivity index (χ3n) is 3.02. The Morgan fingerprint density at radius 2 is 2.00 bits per heavy atom. The maximum atomic E-state index is 11.9. The van der Waals surface area contributed by atoms with Crippen LogP contribution in [0.25, 0.3) is 0 Å². The van der Waals surface area contributed by atoms with Gasteiger partial charge in [-0.15, -0.1) is 0 Å². The van der Waals surface area contributed by atoms with E-state index in [2.05, 4.69) is 13.5 Å². The van der Waals surface area contributed by atoms with E-state index in [-0.39, 0.29) is 11.9 Å². The highest BCUT2D eigenvalue weighted by Gasteiger charge is 2.37. The van der Waals surface area contributed by atoms with Gasteiger partial charge in [-0.2, -0.15) is 0 Å². The molecule has 1 atom stereocenters. The van der Waals surface area contributed by atoms with Crippen molar-refractivity contribution < 1.29 is 14.3 Å². The zero-order valence-electron chi connectivity index (χ0n) is 11.7. The highest BCUT2D eigenvalue weighted by Crippen LogP contribution is 2.23. The SMILES string of the molecule is C=CC(=O)N([C@H](C)CCCC)C(C)(OC)OC. The molecule has 0 aromatic heterocycles. The van der Waals surface area contributed by atoms with E-state index < -0.39 is 5.91 Å². The normalized spacial score (nSPS) is 13.2. The molecule has 0 aliphatic rings. The van der Waals surface area contributed by atoms with Gasteiger partial charge in [-0.1, -0.05) is 26.3 Å². The zero-order valence-corrected chi connectivity index (χ0v) is 11.7. The molecule has 0 saturated heterocycles. The highest BCUT2D eigenvalue weighted by atomic mass is 16.7. The summed E-state index contributed by atoms with van der Waals surface area (Å²) in [5.74, 6) is -1.22. The molecule has 0 radical (unpaired) electrons. The van der Waals surface area contributed by atoms with E-state index >= 15 is 0 Å². The molecule has 0 aliphatic heterocycles. The van der Waals surface area contributed by atoms with Gasteiger partial charge in [0, 0.05) is 27.2 Å². The molecule has 0 rings (SSSR count). The number of amides is 1. The molecule has 0 bridgehead atoms. The first-order valence-corrected chi connectivity index (χ1v) is 6.02. The fourth-order valence-corrected chi connectivity index (χ4v) is 1.82. The maximum absolute atomic E-state index is 11.9. The largest absolute Gasteiger partial charge is 0.336 e. The van der Waals surface area contributed by atoms with Gasteiger partial charge in [-0.05, 0) is 19.4 Å². The summed E-state index contributed by atoms with van der Waals surface area (Å²) in [6.07, 6.45) is 4.36. The van der Waals surface area contributed by atoms with Gasteiger partial charge in [0.15, 0.2) is 0 Å². The van der Waals surface area contributed by atoms with Crippen molar-refractivity contribution in [2.75, 3.05) is 14.2 Å². The van der Waals surface area contributed by atoms with Crippen molar-refractivity contribution >= 4 is 5.91 Å². The summed E-state index contributed by atoms with van der Waals surface area (Å²) in [5, 5.41) is 0. The van der Waals surface area contributed by atoms with E-state index in [0.717, 1.165) is 19.3 Å². The molecule has 17 heavy (non-hydrogen) atoms. The molecule has 4 nitrogen and oxygen atoms in total. The molecule has 0 aromatic rings. The van der Waals surface area contributed by atoms with Crippen molar-refractivity contribution in [3.63, 3.8) is 0 Å². The number of unbranched alkanes of at least 4 members (excludes halogenated alkanes) is 1. The summed E-state index contributed by atoms with van der Waals surface area (Å²) in [4.78, 5) is 13.5. The van der Waals surface area contributed by atoms with Gasteiger partial charge in [0.2, 0.25) is 5.91 Å². The minimum absolute atomic E-state index is 0.0466. The third kappa shape index (κ3) is 4.13. The van der Waals surface area contributed by atoms with Gasteiger partial charge in [-0.25, -0.2) is 0 Å². The molecule has 0 N–H and O–H groups in total. The highest BCUT2D eigenvalue weighted by molar-refractivity contribution is 5.87. The first kappa shape index (κ1) is 16.1. The molecule has 0 spiro atoms. The summed E-state index contributed by atoms with van der Waals surface area (Å²) in [6, 6.07) is 0.0466. The average molecular weight is 243 g/mol. The minimum Gasteiger partial charge on any atom is -0.336 e. The molecule has 4 heteroatoms. The third-order valence-corrected chi connectivity index (χ3v) is 3.02. The molecular weight excluding hydrogens is 218 g/mol. The lowest BCUT2D eigenvalue weighted by molar-refractivity contribution is -0.282. The summed E-state index contributed by atoms with van der Waals surface area (Å²) < 4.78 is 10.6. The lowest BCUT2D eigenvalue weighted by Gasteiger charge is -2.41. The van der Waals surface area contributed by atoms with Crippen LogP contribution in [0.1, 0.15) is 40.0 Å². The van der Waals surface area contributed by atoms with Crippen LogP contribution in [0.2, 0.25) is 0 Å². The Morgan fingerprint density at radius 1 is 1.47 bits per heavy atom. The van der Waals surface area contributed by atoms with E-state index in [0.29, 0.717) is 0 Å². The number of nitrogens with zero attached hydrogens (tertiary/aromatic N) is 1. The van der Waals surface area contributed by atoms with Crippen LogP contribution in [-0.2, 0) is 14.3 Å². The minimum atomic E-state index is -1.04. The second-order valence-corrected chi connectivity index (χ2v) is 4.21. The molecular formula is C13H25NO3. The number of methoxy groups -OCH3 is 2. The monoisotopic (exact) mass is 243 g/mol. The van der Waals surface area contributed by atoms with Crippen molar-refractivity contribution in [2.24, 2.45) is 0 Å². The van der Waals surface area contributed by atoms with E-state index in [9.17, 15) is 4.79 Å². The molecule has 0 aliphatic carbocycles. The number of rotatable bonds is 8. The Balaban J connectivity index is 4.98. The van der Waals surface area contributed by atoms with E-state index in [4.69, 9.17) is 9.47 Å². The van der Waals surface area contributed by atoms with Crippen LogP contribution in [0.4, 0.5) is 0 Å². The Hall–Kier alpha value is -0.870. The smallest absolute Gasteiger partial charge is 0.250 e. The van der Waals surface area contributed by atoms with Crippen LogP contribution in [0, 0.1) is 0 Å². The Bertz CT molecular complexity index is 249. The lowest BCUT2D eigenvalue weighted by atomic mass is 10.1. The summed E-state index contributed by atoms with van der Waals surface area (Å²) >= 11 is 0. The molecule has 1 amide bonds. The van der Waals surface area contributed by atoms with Crippen LogP contribution < -0.4 is 0 Å². The number of carbonyl (C=O) groups is 1. The number of carbonyl (C=O) groups excluding carboxylic acids is 1. The van der Waals surface area contributed by atoms with Crippen molar-refractivity contribution in [2.45, 2.75) is 52.0 Å². The fraction of sp³-hybridized carbons (Fsp3) is 0.769. The van der Waals surface area contributed by atoms with Gasteiger partial charge in [0.25, 0.3) is 5.91 Å². The quantitative estimate of drug-likeness (QED) is 0.486. The van der Waals surface area contributed by atoms with Crippen molar-refractivity contribution in [3.05, 3.63) is 12.7 Å². The number of ether oxygens (including phenoxy) is 2. The zero-order chi connectivity index (χ0) is 13.5. The van der Waals surface area contributed by atoms with Gasteiger partial charge < -0.3 is 9.47 Å². The summed E-state index contributed by atoms with van der Waals surface area (Å²) in [7, 11) is 3.05. The Morgan fingerprint density at radius 3 is 2.35 bits per heavy atom. The van der Waals surface area contributed by atoms with Gasteiger partial charge >= 0.3 is 0 Å². The first-order valence-electron chi connectivity index (χ1n) is 6.02. The van der Waals surface area contributed by atoms with E-state index in [1.165, 1.54) is 20.3 Å². The van der Waals surface area contributed by atoms with Crippen LogP contribution in [0.5, 0.6) is 0 Å². The van der Waals surface area contributed by atoms with Crippen LogP contribution in [0.3, 0.4) is 0 Å². The Kier molecular flexibility index (Phi) is 7.07. The molecule has 0 unspecified atom stereocenters. The number of hydrogen-bond donors (Lipinski definition) is 0. The van der Waals surface area contributed by atoms with E-state index in [1.807, 2.05) is 6.92 Å². The van der Waals surface area contributed by atoms with E-state index in [1.54, 1.807) is 11.8 Å². The summed E-state index contributed by atoms with van der Waals surface area (Å²) in [6.45, 7) is 9.37. The fourth-order valence-electron chi connectivity index (χ4n) is 1.82. The van der Waals surface area contributed by atoms with Gasteiger partial charge in [0.1, 0.15) is 0 Å². The van der Waals surface area contributed by atoms with Gasteiger partial charge in [0.05, 0.1) is 0 Å². The van der Waals surface area contributed by atoms with Crippen molar-refractivity contribution in [1.82, 2.24) is 4.90 Å². The van der Waals surface area contributed by atoms with Crippen molar-refractivity contribution in [3.8, 4) is 0 Å². The molecule has 0 saturated carbocycles. The topological polar surface area (TPSA) is 38.8 Å². The van der Waals surface area contributed by atoms with Crippen LogP contribution in [-0.4, -0.2) is 37.0 Å². The molecule has 0 heterocycles. The van der Waals surface area contributed by atoms with Gasteiger partial charge in [-0.3, -0.25) is 9.69 Å². The molecule has 0 fully saturated rings. The summed E-state index contributed by atoms with van der Waals surface area (Å²) in [5.41, 5.74) is 0. The lowest BCUT2D eigenvalue weighted by Crippen LogP contribution is -2.55. The number of hydrogen-bond acceptors (Lipinski definition) is 3. The first-order chi connectivity index (χ1) is 7.96. The molecule has 100 valence electrons. The second kappa shape index (κ2) is 7.45. The Labute approximate surface area is 105 Å². The molecule has 0 aromatic carbocycles. The maximum Gasteiger partial charge on any atom is 0.250 e. The van der Waals surface area contributed by atoms with Crippen LogP contribution >= 0.6 is 0 Å².